The fraction of sp³-hybridized carbons (Fsp3) is 0.519. The lowest BCUT2D eigenvalue weighted by Gasteiger charge is -2.27. The summed E-state index contributed by atoms with van der Waals surface area (Å²) >= 11 is 0. The molecule has 9 N–H and O–H groups in total. The Balaban J connectivity index is 2.33. The van der Waals surface area contributed by atoms with Gasteiger partial charge in [-0.2, -0.15) is 0 Å². The Hall–Kier alpha value is -3.93. The molecule has 0 aliphatic rings. The Bertz CT molecular complexity index is 1180. The smallest absolute Gasteiger partial charge is 0.326 e. The van der Waals surface area contributed by atoms with E-state index in [2.05, 4.69) is 20.9 Å². The summed E-state index contributed by atoms with van der Waals surface area (Å²) in [5.41, 5.74) is 12.9. The number of hydrogen-bond acceptors (Lipinski definition) is 6. The first kappa shape index (κ1) is 31.3. The number of carbonyl (C=O) groups excluding carboxylic acids is 4. The van der Waals surface area contributed by atoms with E-state index < -0.39 is 53.8 Å². The maximum absolute atomic E-state index is 13.5. The molecule has 0 bridgehead atoms. The first-order valence-electron chi connectivity index (χ1n) is 13.1. The number of para-hydroxylation sites is 1. The SMILES string of the molecule is CCC(C)C(NC(=O)C(CCC(N)=O)NC(=O)C(Cc1c[nH]c2ccccc12)NC(=O)C(N)C(C)C)C(=O)O. The molecule has 1 aromatic heterocycles. The van der Waals surface area contributed by atoms with Crippen LogP contribution in [0, 0.1) is 11.8 Å². The summed E-state index contributed by atoms with van der Waals surface area (Å²) < 4.78 is 0. The molecule has 1 aromatic carbocycles. The predicted molar refractivity (Wildman–Crippen MR) is 146 cm³/mol. The number of H-pyrrole nitrogens is 1. The van der Waals surface area contributed by atoms with Gasteiger partial charge in [-0.1, -0.05) is 52.3 Å². The van der Waals surface area contributed by atoms with Gasteiger partial charge in [0.15, 0.2) is 0 Å². The van der Waals surface area contributed by atoms with Crippen molar-refractivity contribution in [3.63, 3.8) is 0 Å². The molecule has 0 fully saturated rings. The quantitative estimate of drug-likeness (QED) is 0.169. The second-order valence-electron chi connectivity index (χ2n) is 10.2. The standard InChI is InChI=1S/C27H40N6O6/c1-5-15(4)23(27(38)39)33-24(35)19(10-11-21(28)34)31-25(36)20(32-26(37)22(29)14(2)3)12-16-13-30-18-9-7-6-8-17(16)18/h6-9,13-15,19-20,22-23,30H,5,10-12,29H2,1-4H3,(H2,28,34)(H,31,36)(H,32,37)(H,33,35)(H,38,39). The van der Waals surface area contributed by atoms with Gasteiger partial charge in [0.05, 0.1) is 6.04 Å². The van der Waals surface area contributed by atoms with Crippen LogP contribution in [0.5, 0.6) is 0 Å². The Morgan fingerprint density at radius 1 is 0.949 bits per heavy atom. The number of fused-ring (bicyclic) bond motifs is 1. The number of aromatic nitrogens is 1. The van der Waals surface area contributed by atoms with E-state index in [1.807, 2.05) is 24.3 Å². The summed E-state index contributed by atoms with van der Waals surface area (Å²) in [6.07, 6.45) is 1.93. The van der Waals surface area contributed by atoms with Gasteiger partial charge in [0.2, 0.25) is 23.6 Å². The van der Waals surface area contributed by atoms with Gasteiger partial charge in [0.25, 0.3) is 0 Å². The van der Waals surface area contributed by atoms with Gasteiger partial charge in [0.1, 0.15) is 18.1 Å². The van der Waals surface area contributed by atoms with Crippen LogP contribution < -0.4 is 27.4 Å². The fourth-order valence-corrected chi connectivity index (χ4v) is 4.07. The van der Waals surface area contributed by atoms with Crippen molar-refractivity contribution in [2.45, 2.75) is 77.5 Å². The van der Waals surface area contributed by atoms with Gasteiger partial charge < -0.3 is 37.5 Å². The van der Waals surface area contributed by atoms with Crippen LogP contribution in [-0.2, 0) is 30.4 Å². The summed E-state index contributed by atoms with van der Waals surface area (Å²) in [5.74, 6) is -4.48. The van der Waals surface area contributed by atoms with E-state index in [0.29, 0.717) is 6.42 Å². The molecule has 0 saturated carbocycles. The van der Waals surface area contributed by atoms with E-state index in [4.69, 9.17) is 11.5 Å². The zero-order valence-corrected chi connectivity index (χ0v) is 22.8. The molecule has 0 aliphatic carbocycles. The minimum atomic E-state index is -1.27. The number of carbonyl (C=O) groups is 5. The highest BCUT2D eigenvalue weighted by molar-refractivity contribution is 5.95. The zero-order chi connectivity index (χ0) is 29.3. The van der Waals surface area contributed by atoms with Crippen LogP contribution in [0.1, 0.15) is 52.5 Å². The van der Waals surface area contributed by atoms with Crippen molar-refractivity contribution >= 4 is 40.5 Å². The van der Waals surface area contributed by atoms with E-state index in [9.17, 15) is 29.1 Å². The van der Waals surface area contributed by atoms with Crippen molar-refractivity contribution in [1.29, 1.82) is 0 Å². The van der Waals surface area contributed by atoms with Crippen molar-refractivity contribution in [3.05, 3.63) is 36.0 Å². The number of carboxylic acid groups (broad SMARTS) is 1. The van der Waals surface area contributed by atoms with Crippen LogP contribution in [0.3, 0.4) is 0 Å². The summed E-state index contributed by atoms with van der Waals surface area (Å²) in [7, 11) is 0. The Morgan fingerprint density at radius 3 is 2.15 bits per heavy atom. The molecule has 214 valence electrons. The van der Waals surface area contributed by atoms with Crippen molar-refractivity contribution in [1.82, 2.24) is 20.9 Å². The van der Waals surface area contributed by atoms with Gasteiger partial charge in [-0.25, -0.2) is 4.79 Å². The second kappa shape index (κ2) is 14.3. The molecule has 0 spiro atoms. The monoisotopic (exact) mass is 544 g/mol. The number of aliphatic carboxylic acids is 1. The van der Waals surface area contributed by atoms with Gasteiger partial charge in [-0.05, 0) is 29.9 Å². The van der Waals surface area contributed by atoms with Gasteiger partial charge in [-0.15, -0.1) is 0 Å². The zero-order valence-electron chi connectivity index (χ0n) is 22.8. The molecule has 4 amide bonds. The lowest BCUT2D eigenvalue weighted by molar-refractivity contribution is -0.144. The van der Waals surface area contributed by atoms with E-state index in [1.54, 1.807) is 33.9 Å². The van der Waals surface area contributed by atoms with Crippen LogP contribution in [-0.4, -0.2) is 63.9 Å². The van der Waals surface area contributed by atoms with Crippen LogP contribution in [0.25, 0.3) is 10.9 Å². The van der Waals surface area contributed by atoms with Crippen LogP contribution >= 0.6 is 0 Å². The lowest BCUT2D eigenvalue weighted by atomic mass is 9.98. The molecular formula is C27H40N6O6. The maximum atomic E-state index is 13.5. The number of benzene rings is 1. The van der Waals surface area contributed by atoms with E-state index in [1.165, 1.54) is 0 Å². The fourth-order valence-electron chi connectivity index (χ4n) is 4.07. The molecule has 39 heavy (non-hydrogen) atoms. The minimum absolute atomic E-state index is 0.0845. The predicted octanol–water partition coefficient (Wildman–Crippen LogP) is 0.544. The summed E-state index contributed by atoms with van der Waals surface area (Å²) in [5, 5.41) is 18.2. The van der Waals surface area contributed by atoms with Crippen molar-refractivity contribution in [3.8, 4) is 0 Å². The van der Waals surface area contributed by atoms with Gasteiger partial charge >= 0.3 is 5.97 Å². The topological polar surface area (TPSA) is 209 Å². The molecule has 0 radical (unpaired) electrons. The minimum Gasteiger partial charge on any atom is -0.480 e. The number of aromatic amines is 1. The van der Waals surface area contributed by atoms with E-state index in [0.717, 1.165) is 16.5 Å². The molecule has 5 unspecified atom stereocenters. The molecule has 0 aliphatic heterocycles. The summed E-state index contributed by atoms with van der Waals surface area (Å²) in [6, 6.07) is 3.02. The van der Waals surface area contributed by atoms with Crippen molar-refractivity contribution in [2.24, 2.45) is 23.3 Å². The Labute approximate surface area is 227 Å². The maximum Gasteiger partial charge on any atom is 0.326 e. The molecule has 0 saturated heterocycles. The molecular weight excluding hydrogens is 504 g/mol. The molecule has 5 atom stereocenters. The third-order valence-corrected chi connectivity index (χ3v) is 6.84. The number of hydrogen-bond donors (Lipinski definition) is 7. The second-order valence-corrected chi connectivity index (χ2v) is 10.2. The summed E-state index contributed by atoms with van der Waals surface area (Å²) in [4.78, 5) is 65.8. The van der Waals surface area contributed by atoms with Gasteiger partial charge in [-0.3, -0.25) is 19.2 Å². The number of nitrogens with two attached hydrogens (primary N) is 2. The Morgan fingerprint density at radius 2 is 1.56 bits per heavy atom. The molecule has 1 heterocycles. The highest BCUT2D eigenvalue weighted by Gasteiger charge is 2.32. The lowest BCUT2D eigenvalue weighted by Crippen LogP contribution is -2.58. The Kier molecular flexibility index (Phi) is 11.5. The average Bonchev–Trinajstić information content (AvgIpc) is 3.30. The first-order valence-corrected chi connectivity index (χ1v) is 13.1. The van der Waals surface area contributed by atoms with E-state index >= 15 is 0 Å². The third kappa shape index (κ3) is 8.81. The first-order chi connectivity index (χ1) is 18.3. The van der Waals surface area contributed by atoms with Crippen LogP contribution in [0.4, 0.5) is 0 Å². The highest BCUT2D eigenvalue weighted by Crippen LogP contribution is 2.19. The molecule has 2 rings (SSSR count). The molecule has 12 heteroatoms. The molecule has 2 aromatic rings. The normalized spacial score (nSPS) is 15.1. The van der Waals surface area contributed by atoms with Crippen molar-refractivity contribution < 1.29 is 29.1 Å². The third-order valence-electron chi connectivity index (χ3n) is 6.84. The van der Waals surface area contributed by atoms with E-state index in [-0.39, 0.29) is 31.1 Å². The van der Waals surface area contributed by atoms with Crippen molar-refractivity contribution in [2.75, 3.05) is 0 Å². The van der Waals surface area contributed by atoms with Gasteiger partial charge in [0, 0.05) is 29.9 Å². The highest BCUT2D eigenvalue weighted by atomic mass is 16.4. The van der Waals surface area contributed by atoms with Crippen LogP contribution in [0.2, 0.25) is 0 Å². The molecule has 12 nitrogen and oxygen atoms in total. The summed E-state index contributed by atoms with van der Waals surface area (Å²) in [6.45, 7) is 7.03. The van der Waals surface area contributed by atoms with Crippen LogP contribution in [0.15, 0.2) is 30.5 Å². The number of rotatable bonds is 15. The largest absolute Gasteiger partial charge is 0.480 e. The average molecular weight is 545 g/mol. The number of carboxylic acids is 1. The number of nitrogens with one attached hydrogen (secondary N) is 4. The number of primary amides is 1. The number of amides is 4.